The van der Waals surface area contributed by atoms with E-state index >= 15 is 0 Å². The molecule has 174 valence electrons. The monoisotopic (exact) mass is 461 g/mol. The lowest BCUT2D eigenvalue weighted by Crippen LogP contribution is -2.51. The van der Waals surface area contributed by atoms with Crippen LogP contribution in [-0.2, 0) is 26.2 Å². The first kappa shape index (κ1) is 25.2. The first-order valence-corrected chi connectivity index (χ1v) is 12.2. The number of amides is 2. The van der Waals surface area contributed by atoms with E-state index < -0.39 is 28.5 Å². The second kappa shape index (κ2) is 11.0. The van der Waals surface area contributed by atoms with Crippen molar-refractivity contribution in [3.63, 3.8) is 0 Å². The molecule has 9 heteroatoms. The van der Waals surface area contributed by atoms with Crippen LogP contribution in [0.25, 0.3) is 0 Å². The van der Waals surface area contributed by atoms with Crippen LogP contribution in [-0.4, -0.2) is 57.6 Å². The number of aryl methyl sites for hydroxylation is 1. The number of benzene rings is 2. The lowest BCUT2D eigenvalue weighted by Gasteiger charge is -2.31. The zero-order valence-electron chi connectivity index (χ0n) is 19.2. The van der Waals surface area contributed by atoms with Gasteiger partial charge in [-0.15, -0.1) is 0 Å². The molecule has 0 aliphatic heterocycles. The van der Waals surface area contributed by atoms with Gasteiger partial charge >= 0.3 is 0 Å². The second-order valence-electron chi connectivity index (χ2n) is 7.52. The zero-order chi connectivity index (χ0) is 23.9. The van der Waals surface area contributed by atoms with Crippen molar-refractivity contribution in [1.29, 1.82) is 0 Å². The van der Waals surface area contributed by atoms with Gasteiger partial charge in [-0.05, 0) is 38.5 Å². The zero-order valence-corrected chi connectivity index (χ0v) is 20.0. The van der Waals surface area contributed by atoms with Gasteiger partial charge < -0.3 is 15.0 Å². The average molecular weight is 462 g/mol. The third-order valence-electron chi connectivity index (χ3n) is 5.02. The highest BCUT2D eigenvalue weighted by atomic mass is 32.2. The molecule has 0 saturated heterocycles. The summed E-state index contributed by atoms with van der Waals surface area (Å²) in [5, 5.41) is 2.72. The minimum Gasteiger partial charge on any atom is -0.495 e. The molecule has 32 heavy (non-hydrogen) atoms. The largest absolute Gasteiger partial charge is 0.495 e. The van der Waals surface area contributed by atoms with Gasteiger partial charge in [-0.3, -0.25) is 13.9 Å². The number of methoxy groups -OCH3 is 1. The Morgan fingerprint density at radius 2 is 1.72 bits per heavy atom. The van der Waals surface area contributed by atoms with Crippen LogP contribution in [0.4, 0.5) is 5.69 Å². The Kier molecular flexibility index (Phi) is 8.65. The van der Waals surface area contributed by atoms with Gasteiger partial charge in [-0.25, -0.2) is 8.42 Å². The van der Waals surface area contributed by atoms with Gasteiger partial charge in [0.2, 0.25) is 21.8 Å². The van der Waals surface area contributed by atoms with Crippen LogP contribution in [0.3, 0.4) is 0 Å². The van der Waals surface area contributed by atoms with Crippen molar-refractivity contribution in [2.45, 2.75) is 33.4 Å². The number of carbonyl (C=O) groups is 2. The molecule has 2 amide bonds. The van der Waals surface area contributed by atoms with Crippen LogP contribution in [0.5, 0.6) is 5.75 Å². The van der Waals surface area contributed by atoms with E-state index in [4.69, 9.17) is 4.74 Å². The Balaban J connectivity index is 2.41. The third kappa shape index (κ3) is 6.46. The average Bonchev–Trinajstić information content (AvgIpc) is 2.75. The fraction of sp³-hybridized carbons (Fsp3) is 0.391. The maximum atomic E-state index is 13.4. The number of hydrogen-bond acceptors (Lipinski definition) is 5. The van der Waals surface area contributed by atoms with E-state index in [2.05, 4.69) is 5.32 Å². The highest BCUT2D eigenvalue weighted by molar-refractivity contribution is 7.92. The summed E-state index contributed by atoms with van der Waals surface area (Å²) >= 11 is 0. The summed E-state index contributed by atoms with van der Waals surface area (Å²) < 4.78 is 31.5. The van der Waals surface area contributed by atoms with E-state index in [0.717, 1.165) is 21.7 Å². The first-order chi connectivity index (χ1) is 15.1. The normalized spacial score (nSPS) is 12.0. The van der Waals surface area contributed by atoms with E-state index in [1.807, 2.05) is 31.2 Å². The number of sulfonamides is 1. The number of likely N-dealkylation sites (N-methyl/N-ethyl adjacent to an activating group) is 1. The van der Waals surface area contributed by atoms with Gasteiger partial charge in [0.15, 0.2) is 0 Å². The lowest BCUT2D eigenvalue weighted by atomic mass is 10.1. The van der Waals surface area contributed by atoms with Gasteiger partial charge in [-0.2, -0.15) is 0 Å². The number of nitrogens with one attached hydrogen (secondary N) is 1. The summed E-state index contributed by atoms with van der Waals surface area (Å²) in [6.07, 6.45) is 1.03. The second-order valence-corrected chi connectivity index (χ2v) is 9.43. The highest BCUT2D eigenvalue weighted by Gasteiger charge is 2.30. The molecule has 0 fully saturated rings. The van der Waals surface area contributed by atoms with E-state index in [-0.39, 0.29) is 18.1 Å². The summed E-state index contributed by atoms with van der Waals surface area (Å²) in [4.78, 5) is 27.3. The van der Waals surface area contributed by atoms with Crippen LogP contribution in [0, 0.1) is 6.92 Å². The van der Waals surface area contributed by atoms with Crippen molar-refractivity contribution in [3.8, 4) is 5.75 Å². The topological polar surface area (TPSA) is 96.0 Å². The Morgan fingerprint density at radius 1 is 1.09 bits per heavy atom. The van der Waals surface area contributed by atoms with Crippen LogP contribution in [0.15, 0.2) is 48.5 Å². The molecular formula is C23H31N3O5S. The van der Waals surface area contributed by atoms with Gasteiger partial charge in [-0.1, -0.05) is 42.0 Å². The predicted molar refractivity (Wildman–Crippen MR) is 125 cm³/mol. The van der Waals surface area contributed by atoms with Crippen LogP contribution < -0.4 is 14.4 Å². The van der Waals surface area contributed by atoms with E-state index in [9.17, 15) is 18.0 Å². The van der Waals surface area contributed by atoms with Gasteiger partial charge in [0.25, 0.3) is 0 Å². The summed E-state index contributed by atoms with van der Waals surface area (Å²) in [6.45, 7) is 5.51. The molecule has 0 heterocycles. The Morgan fingerprint density at radius 3 is 2.28 bits per heavy atom. The van der Waals surface area contributed by atoms with Gasteiger partial charge in [0.05, 0.1) is 19.1 Å². The van der Waals surface area contributed by atoms with Gasteiger partial charge in [0.1, 0.15) is 18.3 Å². The van der Waals surface area contributed by atoms with Crippen molar-refractivity contribution in [2.75, 3.05) is 30.8 Å². The Bertz CT molecular complexity index is 1040. The van der Waals surface area contributed by atoms with Crippen LogP contribution >= 0.6 is 0 Å². The quantitative estimate of drug-likeness (QED) is 0.586. The minimum absolute atomic E-state index is 0.168. The number of nitrogens with zero attached hydrogens (tertiary/aromatic N) is 2. The number of rotatable bonds is 10. The molecule has 0 radical (unpaired) electrons. The number of anilines is 1. The van der Waals surface area contributed by atoms with Crippen molar-refractivity contribution in [3.05, 3.63) is 59.7 Å². The molecule has 0 spiro atoms. The highest BCUT2D eigenvalue weighted by Crippen LogP contribution is 2.29. The van der Waals surface area contributed by atoms with Gasteiger partial charge in [0, 0.05) is 13.1 Å². The molecule has 2 rings (SSSR count). The van der Waals surface area contributed by atoms with Crippen molar-refractivity contribution in [1.82, 2.24) is 10.2 Å². The SMILES string of the molecule is CCNC(=O)[C@H](C)N(Cc1ccc(C)cc1)C(=O)CN(c1ccccc1OC)S(C)(=O)=O. The molecule has 2 aromatic carbocycles. The van der Waals surface area contributed by atoms with Crippen LogP contribution in [0.1, 0.15) is 25.0 Å². The molecule has 0 saturated carbocycles. The summed E-state index contributed by atoms with van der Waals surface area (Å²) in [7, 11) is -2.38. The van der Waals surface area contributed by atoms with E-state index in [0.29, 0.717) is 12.3 Å². The predicted octanol–water partition coefficient (Wildman–Crippen LogP) is 2.32. The summed E-state index contributed by atoms with van der Waals surface area (Å²) in [6, 6.07) is 13.4. The smallest absolute Gasteiger partial charge is 0.244 e. The van der Waals surface area contributed by atoms with E-state index in [1.165, 1.54) is 12.0 Å². The fourth-order valence-corrected chi connectivity index (χ4v) is 4.08. The molecule has 2 aromatic rings. The minimum atomic E-state index is -3.81. The molecule has 0 aromatic heterocycles. The molecule has 1 atom stereocenters. The third-order valence-corrected chi connectivity index (χ3v) is 6.15. The van der Waals surface area contributed by atoms with Crippen LogP contribution in [0.2, 0.25) is 0 Å². The number of carbonyl (C=O) groups excluding carboxylic acids is 2. The first-order valence-electron chi connectivity index (χ1n) is 10.3. The molecule has 0 aliphatic rings. The van der Waals surface area contributed by atoms with Crippen molar-refractivity contribution >= 4 is 27.5 Å². The number of ether oxygens (including phenoxy) is 1. The fourth-order valence-electron chi connectivity index (χ4n) is 3.23. The molecule has 0 unspecified atom stereocenters. The molecular weight excluding hydrogens is 430 g/mol. The summed E-state index contributed by atoms with van der Waals surface area (Å²) in [5.74, 6) is -0.482. The Labute approximate surface area is 190 Å². The standard InChI is InChI=1S/C23H31N3O5S/c1-6-24-23(28)18(3)25(15-19-13-11-17(2)12-14-19)22(27)16-26(32(5,29)30)20-9-7-8-10-21(20)31-4/h7-14,18H,6,15-16H2,1-5H3,(H,24,28)/t18-/m0/s1. The number of para-hydroxylation sites is 2. The molecule has 8 nitrogen and oxygen atoms in total. The molecule has 0 aliphatic carbocycles. The lowest BCUT2D eigenvalue weighted by molar-refractivity contribution is -0.139. The molecule has 1 N–H and O–H groups in total. The number of hydrogen-bond donors (Lipinski definition) is 1. The maximum absolute atomic E-state index is 13.4. The van der Waals surface area contributed by atoms with Crippen molar-refractivity contribution in [2.24, 2.45) is 0 Å². The summed E-state index contributed by atoms with van der Waals surface area (Å²) in [5.41, 5.74) is 2.16. The van der Waals surface area contributed by atoms with E-state index in [1.54, 1.807) is 38.1 Å². The Hall–Kier alpha value is -3.07. The maximum Gasteiger partial charge on any atom is 0.244 e. The van der Waals surface area contributed by atoms with Crippen molar-refractivity contribution < 1.29 is 22.7 Å². The molecule has 0 bridgehead atoms.